The smallest absolute Gasteiger partial charge is 0.272 e. The van der Waals surface area contributed by atoms with E-state index in [2.05, 4.69) is 22.9 Å². The zero-order valence-corrected chi connectivity index (χ0v) is 26.4. The van der Waals surface area contributed by atoms with Gasteiger partial charge >= 0.3 is 0 Å². The molecule has 0 aliphatic rings. The SMILES string of the molecule is CCCCOc1ccc(NC(=O)C(C)Sc2ccc(NC(=O)/C(=C/c3ccccc3OC)NC(=O)c3ccccc3)cc2)cc1. The third-order valence-electron chi connectivity index (χ3n) is 6.65. The minimum Gasteiger partial charge on any atom is -0.496 e. The van der Waals surface area contributed by atoms with E-state index >= 15 is 0 Å². The number of para-hydroxylation sites is 1. The molecular formula is C36H37N3O5S. The molecule has 0 aromatic heterocycles. The van der Waals surface area contributed by atoms with Crippen LogP contribution in [0.15, 0.2) is 114 Å². The van der Waals surface area contributed by atoms with Crippen molar-refractivity contribution in [3.8, 4) is 11.5 Å². The maximum atomic E-state index is 13.4. The Hall–Kier alpha value is -5.02. The third-order valence-corrected chi connectivity index (χ3v) is 7.76. The molecule has 0 aliphatic heterocycles. The Balaban J connectivity index is 1.39. The number of amides is 3. The number of carbonyl (C=O) groups is 3. The molecule has 3 amide bonds. The van der Waals surface area contributed by atoms with Crippen molar-refractivity contribution in [1.82, 2.24) is 5.32 Å². The molecule has 1 atom stereocenters. The monoisotopic (exact) mass is 623 g/mol. The fourth-order valence-corrected chi connectivity index (χ4v) is 5.04. The molecule has 4 rings (SSSR count). The van der Waals surface area contributed by atoms with Crippen molar-refractivity contribution in [2.75, 3.05) is 24.4 Å². The second-order valence-corrected chi connectivity index (χ2v) is 11.5. The van der Waals surface area contributed by atoms with Crippen molar-refractivity contribution in [2.45, 2.75) is 36.8 Å². The highest BCUT2D eigenvalue weighted by Crippen LogP contribution is 2.27. The number of rotatable bonds is 14. The number of thioether (sulfide) groups is 1. The zero-order chi connectivity index (χ0) is 32.0. The quantitative estimate of drug-likeness (QED) is 0.0768. The van der Waals surface area contributed by atoms with Gasteiger partial charge in [0.2, 0.25) is 5.91 Å². The number of ether oxygens (including phenoxy) is 2. The molecule has 4 aromatic carbocycles. The average Bonchev–Trinajstić information content (AvgIpc) is 3.06. The first-order valence-corrected chi connectivity index (χ1v) is 15.6. The van der Waals surface area contributed by atoms with Crippen LogP contribution >= 0.6 is 11.8 Å². The lowest BCUT2D eigenvalue weighted by Crippen LogP contribution is -2.30. The maximum Gasteiger partial charge on any atom is 0.272 e. The van der Waals surface area contributed by atoms with Gasteiger partial charge in [-0.2, -0.15) is 0 Å². The maximum absolute atomic E-state index is 13.4. The molecule has 0 fully saturated rings. The first-order valence-electron chi connectivity index (χ1n) is 14.7. The van der Waals surface area contributed by atoms with Gasteiger partial charge in [0.1, 0.15) is 17.2 Å². The minimum atomic E-state index is -0.500. The summed E-state index contributed by atoms with van der Waals surface area (Å²) in [6, 6.07) is 30.4. The third kappa shape index (κ3) is 10.0. The van der Waals surface area contributed by atoms with Crippen molar-refractivity contribution in [3.63, 3.8) is 0 Å². The van der Waals surface area contributed by atoms with Crippen molar-refractivity contribution >= 4 is 46.9 Å². The number of benzene rings is 4. The number of methoxy groups -OCH3 is 1. The zero-order valence-electron chi connectivity index (χ0n) is 25.5. The van der Waals surface area contributed by atoms with Crippen LogP contribution < -0.4 is 25.4 Å². The predicted molar refractivity (Wildman–Crippen MR) is 181 cm³/mol. The summed E-state index contributed by atoms with van der Waals surface area (Å²) in [5, 5.41) is 8.16. The largest absolute Gasteiger partial charge is 0.496 e. The first-order chi connectivity index (χ1) is 21.9. The highest BCUT2D eigenvalue weighted by molar-refractivity contribution is 8.00. The van der Waals surface area contributed by atoms with Gasteiger partial charge in [0.25, 0.3) is 11.8 Å². The average molecular weight is 624 g/mol. The van der Waals surface area contributed by atoms with Crippen LogP contribution in [0, 0.1) is 0 Å². The highest BCUT2D eigenvalue weighted by Gasteiger charge is 2.17. The number of hydrogen-bond donors (Lipinski definition) is 3. The Labute approximate surface area is 268 Å². The van der Waals surface area contributed by atoms with Crippen molar-refractivity contribution in [1.29, 1.82) is 0 Å². The van der Waals surface area contributed by atoms with Crippen LogP contribution in [0.25, 0.3) is 6.08 Å². The van der Waals surface area contributed by atoms with E-state index in [0.29, 0.717) is 34.9 Å². The Morgan fingerprint density at radius 3 is 2.16 bits per heavy atom. The van der Waals surface area contributed by atoms with Gasteiger partial charge in [-0.05, 0) is 86.2 Å². The molecule has 45 heavy (non-hydrogen) atoms. The summed E-state index contributed by atoms with van der Waals surface area (Å²) in [5.74, 6) is 0.293. The summed E-state index contributed by atoms with van der Waals surface area (Å²) in [5.41, 5.74) is 2.34. The van der Waals surface area contributed by atoms with Gasteiger partial charge < -0.3 is 25.4 Å². The molecule has 3 N–H and O–H groups in total. The van der Waals surface area contributed by atoms with E-state index in [9.17, 15) is 14.4 Å². The lowest BCUT2D eigenvalue weighted by Gasteiger charge is -2.14. The topological polar surface area (TPSA) is 106 Å². The van der Waals surface area contributed by atoms with Gasteiger partial charge in [0.05, 0.1) is 19.0 Å². The molecule has 8 nitrogen and oxygen atoms in total. The summed E-state index contributed by atoms with van der Waals surface area (Å²) in [6.07, 6.45) is 3.64. The molecule has 232 valence electrons. The summed E-state index contributed by atoms with van der Waals surface area (Å²) in [4.78, 5) is 40.0. The Bertz CT molecular complexity index is 1610. The molecule has 0 aliphatic carbocycles. The van der Waals surface area contributed by atoms with Crippen molar-refractivity contribution in [2.24, 2.45) is 0 Å². The van der Waals surface area contributed by atoms with Gasteiger partial charge in [-0.3, -0.25) is 14.4 Å². The Kier molecular flexibility index (Phi) is 12.2. The van der Waals surface area contributed by atoms with E-state index < -0.39 is 11.8 Å². The summed E-state index contributed by atoms with van der Waals surface area (Å²) < 4.78 is 11.1. The van der Waals surface area contributed by atoms with Crippen molar-refractivity contribution in [3.05, 3.63) is 120 Å². The Morgan fingerprint density at radius 1 is 0.822 bits per heavy atom. The second kappa shape index (κ2) is 16.7. The fraction of sp³-hybridized carbons (Fsp3) is 0.194. The van der Waals surface area contributed by atoms with Gasteiger partial charge in [-0.25, -0.2) is 0 Å². The van der Waals surface area contributed by atoms with Gasteiger partial charge in [0.15, 0.2) is 0 Å². The number of anilines is 2. The van der Waals surface area contributed by atoms with Crippen molar-refractivity contribution < 1.29 is 23.9 Å². The van der Waals surface area contributed by atoms with Crippen LogP contribution in [0.2, 0.25) is 0 Å². The second-order valence-electron chi connectivity index (χ2n) is 10.1. The van der Waals surface area contributed by atoms with E-state index in [1.165, 1.54) is 11.8 Å². The van der Waals surface area contributed by atoms with E-state index in [4.69, 9.17) is 9.47 Å². The van der Waals surface area contributed by atoms with Crippen LogP contribution in [-0.2, 0) is 9.59 Å². The van der Waals surface area contributed by atoms with Crippen LogP contribution in [-0.4, -0.2) is 36.7 Å². The van der Waals surface area contributed by atoms with E-state index in [-0.39, 0.29) is 16.9 Å². The van der Waals surface area contributed by atoms with E-state index in [0.717, 1.165) is 23.5 Å². The molecule has 0 saturated heterocycles. The number of unbranched alkanes of at least 4 members (excludes halogenated alkanes) is 1. The lowest BCUT2D eigenvalue weighted by atomic mass is 10.1. The number of carbonyl (C=O) groups excluding carboxylic acids is 3. The van der Waals surface area contributed by atoms with Crippen LogP contribution in [0.1, 0.15) is 42.6 Å². The van der Waals surface area contributed by atoms with E-state index in [1.54, 1.807) is 61.7 Å². The van der Waals surface area contributed by atoms with Gasteiger partial charge in [0, 0.05) is 27.4 Å². The minimum absolute atomic E-state index is 0.0534. The lowest BCUT2D eigenvalue weighted by molar-refractivity contribution is -0.115. The number of nitrogens with one attached hydrogen (secondary N) is 3. The van der Waals surface area contributed by atoms with Gasteiger partial charge in [-0.15, -0.1) is 11.8 Å². The molecule has 4 aromatic rings. The normalized spacial score (nSPS) is 11.7. The summed E-state index contributed by atoms with van der Waals surface area (Å²) in [7, 11) is 1.54. The standard InChI is InChI=1S/C36H37N3O5S/c1-4-5-23-44-30-19-15-28(16-20-30)37-34(40)25(2)45-31-21-17-29(18-22-31)38-36(42)32(24-27-13-9-10-14-33(27)43-3)39-35(41)26-11-7-6-8-12-26/h6-22,24-25H,4-5,23H2,1-3H3,(H,37,40)(H,38,42)(H,39,41)/b32-24-. The molecule has 9 heteroatoms. The predicted octanol–water partition coefficient (Wildman–Crippen LogP) is 7.40. The molecule has 0 saturated carbocycles. The van der Waals surface area contributed by atoms with E-state index in [1.807, 2.05) is 61.5 Å². The molecule has 0 bridgehead atoms. The molecule has 0 heterocycles. The fourth-order valence-electron chi connectivity index (χ4n) is 4.17. The first kappa shape index (κ1) is 32.9. The van der Waals surface area contributed by atoms with Gasteiger partial charge in [-0.1, -0.05) is 49.7 Å². The summed E-state index contributed by atoms with van der Waals surface area (Å²) in [6.45, 7) is 4.62. The van der Waals surface area contributed by atoms with Crippen LogP contribution in [0.5, 0.6) is 11.5 Å². The molecular weight excluding hydrogens is 586 g/mol. The highest BCUT2D eigenvalue weighted by atomic mass is 32.2. The molecule has 0 radical (unpaired) electrons. The Morgan fingerprint density at radius 2 is 1.47 bits per heavy atom. The molecule has 0 spiro atoms. The molecule has 1 unspecified atom stereocenters. The van der Waals surface area contributed by atoms with Crippen LogP contribution in [0.4, 0.5) is 11.4 Å². The summed E-state index contributed by atoms with van der Waals surface area (Å²) >= 11 is 1.40. The van der Waals surface area contributed by atoms with Crippen LogP contribution in [0.3, 0.4) is 0 Å². The number of hydrogen-bond acceptors (Lipinski definition) is 6.